The fourth-order valence-corrected chi connectivity index (χ4v) is 3.52. The molecule has 1 atom stereocenters. The normalized spacial score (nSPS) is 17.6. The van der Waals surface area contributed by atoms with Crippen molar-refractivity contribution < 1.29 is 9.84 Å². The molecule has 5 nitrogen and oxygen atoms in total. The topological polar surface area (TPSA) is 58.5 Å². The zero-order chi connectivity index (χ0) is 18.9. The Hall–Kier alpha value is -2.14. The Balaban J connectivity index is 1.99. The molecule has 0 aliphatic carbocycles. The minimum atomic E-state index is -0.222. The van der Waals surface area contributed by atoms with Crippen LogP contribution in [0.25, 0.3) is 11.1 Å². The second-order valence-electron chi connectivity index (χ2n) is 8.13. The van der Waals surface area contributed by atoms with Crippen LogP contribution in [0.1, 0.15) is 38.4 Å². The average molecular weight is 355 g/mol. The van der Waals surface area contributed by atoms with E-state index in [0.717, 1.165) is 53.5 Å². The van der Waals surface area contributed by atoms with Gasteiger partial charge in [0.15, 0.2) is 0 Å². The molecule has 0 spiro atoms. The van der Waals surface area contributed by atoms with Crippen molar-refractivity contribution in [3.63, 3.8) is 0 Å². The molecular weight excluding hydrogens is 326 g/mol. The Morgan fingerprint density at radius 3 is 2.62 bits per heavy atom. The first-order chi connectivity index (χ1) is 12.3. The van der Waals surface area contributed by atoms with Crippen molar-refractivity contribution in [1.29, 1.82) is 0 Å². The van der Waals surface area contributed by atoms with Crippen molar-refractivity contribution in [3.05, 3.63) is 35.8 Å². The largest absolute Gasteiger partial charge is 0.488 e. The third-order valence-corrected chi connectivity index (χ3v) is 4.75. The van der Waals surface area contributed by atoms with Crippen LogP contribution in [-0.4, -0.2) is 40.4 Å². The van der Waals surface area contributed by atoms with Gasteiger partial charge in [-0.15, -0.1) is 0 Å². The number of aryl methyl sites for hydroxylation is 2. The Labute approximate surface area is 156 Å². The number of aliphatic hydroxyl groups excluding tert-OH is 1. The number of rotatable bonds is 4. The first-order valence-corrected chi connectivity index (χ1v) is 9.26. The standard InChI is InChI=1S/C21H29N3O2/c1-14-10-17(26-21(3,4)5)6-7-18(14)19-15(2)22-13-23-20(19)24-9-8-16(11-24)12-25/h6-7,10,13,16,25H,8-9,11-12H2,1-5H3. The van der Waals surface area contributed by atoms with Crippen molar-refractivity contribution in [3.8, 4) is 16.9 Å². The number of hydrogen-bond acceptors (Lipinski definition) is 5. The lowest BCUT2D eigenvalue weighted by Gasteiger charge is -2.24. The summed E-state index contributed by atoms with van der Waals surface area (Å²) in [4.78, 5) is 11.3. The van der Waals surface area contributed by atoms with Gasteiger partial charge in [-0.3, -0.25) is 0 Å². The quantitative estimate of drug-likeness (QED) is 0.905. The molecule has 140 valence electrons. The van der Waals surface area contributed by atoms with Crippen molar-refractivity contribution >= 4 is 5.82 Å². The van der Waals surface area contributed by atoms with Gasteiger partial charge in [-0.05, 0) is 64.3 Å². The molecule has 5 heteroatoms. The predicted octanol–water partition coefficient (Wildman–Crippen LogP) is 3.76. The second kappa shape index (κ2) is 7.23. The molecule has 3 rings (SSSR count). The zero-order valence-electron chi connectivity index (χ0n) is 16.4. The molecule has 1 saturated heterocycles. The molecule has 1 aliphatic heterocycles. The Morgan fingerprint density at radius 2 is 2.00 bits per heavy atom. The van der Waals surface area contributed by atoms with E-state index in [1.807, 2.05) is 13.0 Å². The van der Waals surface area contributed by atoms with Crippen molar-refractivity contribution in [2.45, 2.75) is 46.6 Å². The molecule has 0 amide bonds. The molecule has 0 radical (unpaired) electrons. The number of anilines is 1. The van der Waals surface area contributed by atoms with Gasteiger partial charge >= 0.3 is 0 Å². The maximum Gasteiger partial charge on any atom is 0.140 e. The van der Waals surface area contributed by atoms with Gasteiger partial charge in [0.2, 0.25) is 0 Å². The third kappa shape index (κ3) is 3.98. The lowest BCUT2D eigenvalue weighted by Crippen LogP contribution is -2.23. The zero-order valence-corrected chi connectivity index (χ0v) is 16.4. The van der Waals surface area contributed by atoms with Gasteiger partial charge in [-0.2, -0.15) is 0 Å². The minimum absolute atomic E-state index is 0.222. The fraction of sp³-hybridized carbons (Fsp3) is 0.524. The Bertz CT molecular complexity index is 783. The smallest absolute Gasteiger partial charge is 0.140 e. The summed E-state index contributed by atoms with van der Waals surface area (Å²) in [5.74, 6) is 2.15. The number of hydrogen-bond donors (Lipinski definition) is 1. The van der Waals surface area contributed by atoms with Crippen LogP contribution < -0.4 is 9.64 Å². The summed E-state index contributed by atoms with van der Waals surface area (Å²) in [6, 6.07) is 6.20. The summed E-state index contributed by atoms with van der Waals surface area (Å²) in [5, 5.41) is 9.47. The van der Waals surface area contributed by atoms with E-state index in [9.17, 15) is 5.11 Å². The molecule has 1 aromatic heterocycles. The van der Waals surface area contributed by atoms with E-state index in [-0.39, 0.29) is 12.2 Å². The molecule has 1 unspecified atom stereocenters. The molecule has 1 fully saturated rings. The van der Waals surface area contributed by atoms with Crippen LogP contribution in [0.5, 0.6) is 5.75 Å². The van der Waals surface area contributed by atoms with E-state index in [1.54, 1.807) is 6.33 Å². The molecule has 2 heterocycles. The first-order valence-electron chi connectivity index (χ1n) is 9.26. The summed E-state index contributed by atoms with van der Waals surface area (Å²) in [5.41, 5.74) is 4.09. The summed E-state index contributed by atoms with van der Waals surface area (Å²) in [6.45, 7) is 12.3. The number of ether oxygens (including phenoxy) is 1. The second-order valence-corrected chi connectivity index (χ2v) is 8.13. The molecule has 1 aromatic carbocycles. The number of aliphatic hydroxyl groups is 1. The van der Waals surface area contributed by atoms with Crippen molar-refractivity contribution in [2.24, 2.45) is 5.92 Å². The van der Waals surface area contributed by atoms with Crippen molar-refractivity contribution in [2.75, 3.05) is 24.6 Å². The van der Waals surface area contributed by atoms with Crippen LogP contribution in [0.4, 0.5) is 5.82 Å². The molecular formula is C21H29N3O2. The number of benzene rings is 1. The van der Waals surface area contributed by atoms with E-state index < -0.39 is 0 Å². The summed E-state index contributed by atoms with van der Waals surface area (Å²) in [6.07, 6.45) is 2.63. The first kappa shape index (κ1) is 18.6. The number of aromatic nitrogens is 2. The van der Waals surface area contributed by atoms with E-state index in [1.165, 1.54) is 0 Å². The van der Waals surface area contributed by atoms with E-state index in [4.69, 9.17) is 4.74 Å². The van der Waals surface area contributed by atoms with E-state index in [2.05, 4.69) is 54.7 Å². The summed E-state index contributed by atoms with van der Waals surface area (Å²) in [7, 11) is 0. The van der Waals surface area contributed by atoms with Gasteiger partial charge in [0.1, 0.15) is 23.5 Å². The van der Waals surface area contributed by atoms with Gasteiger partial charge in [-0.25, -0.2) is 9.97 Å². The maximum atomic E-state index is 9.47. The van der Waals surface area contributed by atoms with E-state index in [0.29, 0.717) is 5.92 Å². The van der Waals surface area contributed by atoms with Crippen LogP contribution >= 0.6 is 0 Å². The highest BCUT2D eigenvalue weighted by molar-refractivity contribution is 5.80. The van der Waals surface area contributed by atoms with Gasteiger partial charge in [0, 0.05) is 31.2 Å². The predicted molar refractivity (Wildman–Crippen MR) is 105 cm³/mol. The SMILES string of the molecule is Cc1cc(OC(C)(C)C)ccc1-c1c(C)ncnc1N1CCC(CO)C1. The van der Waals surface area contributed by atoms with E-state index >= 15 is 0 Å². The monoisotopic (exact) mass is 355 g/mol. The van der Waals surface area contributed by atoms with Gasteiger partial charge in [-0.1, -0.05) is 6.07 Å². The highest BCUT2D eigenvalue weighted by Crippen LogP contribution is 2.37. The molecule has 0 saturated carbocycles. The van der Waals surface area contributed by atoms with Gasteiger partial charge in [0.05, 0.1) is 5.69 Å². The molecule has 26 heavy (non-hydrogen) atoms. The third-order valence-electron chi connectivity index (χ3n) is 4.75. The van der Waals surface area contributed by atoms with Crippen LogP contribution in [-0.2, 0) is 0 Å². The van der Waals surface area contributed by atoms with Gasteiger partial charge in [0.25, 0.3) is 0 Å². The van der Waals surface area contributed by atoms with Crippen LogP contribution in [0.15, 0.2) is 24.5 Å². The Kier molecular flexibility index (Phi) is 5.19. The Morgan fingerprint density at radius 1 is 1.23 bits per heavy atom. The highest BCUT2D eigenvalue weighted by atomic mass is 16.5. The molecule has 1 aliphatic rings. The molecule has 2 aromatic rings. The van der Waals surface area contributed by atoms with Crippen LogP contribution in [0, 0.1) is 19.8 Å². The number of nitrogens with zero attached hydrogens (tertiary/aromatic N) is 3. The molecule has 1 N–H and O–H groups in total. The van der Waals surface area contributed by atoms with Crippen LogP contribution in [0.2, 0.25) is 0 Å². The van der Waals surface area contributed by atoms with Gasteiger partial charge < -0.3 is 14.7 Å². The maximum absolute atomic E-state index is 9.47. The van der Waals surface area contributed by atoms with Crippen molar-refractivity contribution in [1.82, 2.24) is 9.97 Å². The summed E-state index contributed by atoms with van der Waals surface area (Å²) >= 11 is 0. The fourth-order valence-electron chi connectivity index (χ4n) is 3.52. The average Bonchev–Trinajstić information content (AvgIpc) is 3.03. The molecule has 0 bridgehead atoms. The van der Waals surface area contributed by atoms with Crippen LogP contribution in [0.3, 0.4) is 0 Å². The lowest BCUT2D eigenvalue weighted by atomic mass is 9.99. The summed E-state index contributed by atoms with van der Waals surface area (Å²) < 4.78 is 5.99. The highest BCUT2D eigenvalue weighted by Gasteiger charge is 2.26. The minimum Gasteiger partial charge on any atom is -0.488 e. The lowest BCUT2D eigenvalue weighted by molar-refractivity contribution is 0.131.